The van der Waals surface area contributed by atoms with E-state index in [1.54, 1.807) is 0 Å². The lowest BCUT2D eigenvalue weighted by Crippen LogP contribution is -2.21. The number of hydrogen-bond acceptors (Lipinski definition) is 2. The highest BCUT2D eigenvalue weighted by Gasteiger charge is 1.89. The molecule has 0 amide bonds. The normalized spacial score (nSPS) is 7.80. The molecule has 0 aromatic rings. The van der Waals surface area contributed by atoms with Crippen LogP contribution < -0.4 is 0 Å². The fraction of sp³-hybridized carbons (Fsp3) is 1.00. The molecule has 0 aliphatic rings. The summed E-state index contributed by atoms with van der Waals surface area (Å²) in [6.45, 7) is 10.1. The van der Waals surface area contributed by atoms with Gasteiger partial charge in [0.25, 0.3) is 0 Å². The first-order valence-electron chi connectivity index (χ1n) is 3.24. The molecule has 0 aliphatic heterocycles. The van der Waals surface area contributed by atoms with E-state index < -0.39 is 0 Å². The SMILES string of the molecule is CCN(CC)CC.Cl.OCl. The van der Waals surface area contributed by atoms with E-state index in [2.05, 4.69) is 37.5 Å². The van der Waals surface area contributed by atoms with Crippen molar-refractivity contribution in [1.29, 1.82) is 0 Å². The van der Waals surface area contributed by atoms with Crippen molar-refractivity contribution < 1.29 is 4.66 Å². The average Bonchev–Trinajstić information content (AvgIpc) is 1.96. The third-order valence-electron chi connectivity index (χ3n) is 1.34. The van der Waals surface area contributed by atoms with E-state index in [1.165, 1.54) is 19.6 Å². The van der Waals surface area contributed by atoms with Crippen LogP contribution in [-0.4, -0.2) is 29.2 Å². The molecule has 0 radical (unpaired) electrons. The van der Waals surface area contributed by atoms with Crippen molar-refractivity contribution in [3.8, 4) is 0 Å². The summed E-state index contributed by atoms with van der Waals surface area (Å²) in [6, 6.07) is 0. The van der Waals surface area contributed by atoms with E-state index in [9.17, 15) is 0 Å². The van der Waals surface area contributed by atoms with Gasteiger partial charge >= 0.3 is 0 Å². The summed E-state index contributed by atoms with van der Waals surface area (Å²) < 4.78 is 6.47. The number of halogens is 2. The maximum absolute atomic E-state index is 6.47. The summed E-state index contributed by atoms with van der Waals surface area (Å²) in [6.07, 6.45) is 0. The van der Waals surface area contributed by atoms with E-state index in [0.717, 1.165) is 0 Å². The van der Waals surface area contributed by atoms with Crippen LogP contribution in [-0.2, 0) is 0 Å². The molecule has 4 heteroatoms. The Hall–Kier alpha value is 0.500. The van der Waals surface area contributed by atoms with E-state index in [1.807, 2.05) is 0 Å². The lowest BCUT2D eigenvalue weighted by atomic mass is 10.5. The number of hydrogen-bond donors (Lipinski definition) is 1. The second-order valence-corrected chi connectivity index (χ2v) is 1.62. The van der Waals surface area contributed by atoms with Gasteiger partial charge in [0.05, 0.1) is 11.9 Å². The van der Waals surface area contributed by atoms with E-state index >= 15 is 0 Å². The molecule has 0 aromatic carbocycles. The van der Waals surface area contributed by atoms with E-state index in [-0.39, 0.29) is 12.4 Å². The fourth-order valence-corrected chi connectivity index (χ4v) is 0.671. The molecular formula is C6H17Cl2NO. The second kappa shape index (κ2) is 16.2. The maximum Gasteiger partial charge on any atom is 0.0579 e. The Balaban J connectivity index is -0.000000149. The van der Waals surface area contributed by atoms with E-state index in [4.69, 9.17) is 4.66 Å². The minimum Gasteiger partial charge on any atom is -0.304 e. The molecule has 0 aliphatic carbocycles. The summed E-state index contributed by atoms with van der Waals surface area (Å²) in [5, 5.41) is 0. The van der Waals surface area contributed by atoms with Crippen LogP contribution in [0.15, 0.2) is 0 Å². The van der Waals surface area contributed by atoms with Gasteiger partial charge in [-0.3, -0.25) is 4.66 Å². The molecule has 0 spiro atoms. The number of rotatable bonds is 3. The van der Waals surface area contributed by atoms with Crippen molar-refractivity contribution in [3.63, 3.8) is 0 Å². The second-order valence-electron chi connectivity index (χ2n) is 1.62. The molecule has 1 N–H and O–H groups in total. The van der Waals surface area contributed by atoms with Gasteiger partial charge in [-0.2, -0.15) is 0 Å². The fourth-order valence-electron chi connectivity index (χ4n) is 0.671. The van der Waals surface area contributed by atoms with Crippen molar-refractivity contribution in [1.82, 2.24) is 4.90 Å². The molecule has 0 heterocycles. The Morgan fingerprint density at radius 2 is 1.20 bits per heavy atom. The van der Waals surface area contributed by atoms with Crippen LogP contribution in [0.25, 0.3) is 0 Å². The van der Waals surface area contributed by atoms with Crippen molar-refractivity contribution in [2.45, 2.75) is 20.8 Å². The molecule has 0 fully saturated rings. The molecule has 0 saturated carbocycles. The van der Waals surface area contributed by atoms with Gasteiger partial charge < -0.3 is 4.90 Å². The van der Waals surface area contributed by atoms with Gasteiger partial charge in [0.15, 0.2) is 0 Å². The first-order valence-corrected chi connectivity index (χ1v) is 3.58. The van der Waals surface area contributed by atoms with Gasteiger partial charge in [-0.05, 0) is 19.6 Å². The third kappa shape index (κ3) is 11.3. The molecule has 0 bridgehead atoms. The summed E-state index contributed by atoms with van der Waals surface area (Å²) in [5.74, 6) is 0. The first-order chi connectivity index (χ1) is 4.35. The van der Waals surface area contributed by atoms with Crippen LogP contribution in [0.3, 0.4) is 0 Å². The minimum atomic E-state index is 0. The largest absolute Gasteiger partial charge is 0.304 e. The van der Waals surface area contributed by atoms with Gasteiger partial charge in [-0.1, -0.05) is 20.8 Å². The molecule has 66 valence electrons. The van der Waals surface area contributed by atoms with Gasteiger partial charge in [0.1, 0.15) is 0 Å². The van der Waals surface area contributed by atoms with Crippen molar-refractivity contribution in [3.05, 3.63) is 0 Å². The summed E-state index contributed by atoms with van der Waals surface area (Å²) in [7, 11) is 0. The first kappa shape index (κ1) is 16.8. The quantitative estimate of drug-likeness (QED) is 0.734. The highest BCUT2D eigenvalue weighted by atomic mass is 35.5. The topological polar surface area (TPSA) is 23.5 Å². The van der Waals surface area contributed by atoms with Crippen molar-refractivity contribution in [2.24, 2.45) is 0 Å². The summed E-state index contributed by atoms with van der Waals surface area (Å²) in [4.78, 5) is 2.38. The molecule has 0 aromatic heterocycles. The Kier molecular flexibility index (Phi) is 27.4. The average molecular weight is 190 g/mol. The molecule has 0 atom stereocenters. The summed E-state index contributed by atoms with van der Waals surface area (Å²) >= 11 is 3.64. The van der Waals surface area contributed by atoms with Crippen molar-refractivity contribution in [2.75, 3.05) is 19.6 Å². The zero-order valence-corrected chi connectivity index (χ0v) is 8.37. The van der Waals surface area contributed by atoms with Crippen LogP contribution in [0.1, 0.15) is 20.8 Å². The molecule has 2 nitrogen and oxygen atoms in total. The van der Waals surface area contributed by atoms with Gasteiger partial charge in [0, 0.05) is 0 Å². The van der Waals surface area contributed by atoms with Gasteiger partial charge in [-0.25, -0.2) is 0 Å². The lowest BCUT2D eigenvalue weighted by Gasteiger charge is -2.13. The van der Waals surface area contributed by atoms with Crippen LogP contribution in [0.4, 0.5) is 0 Å². The zero-order valence-electron chi connectivity index (χ0n) is 6.80. The zero-order chi connectivity index (χ0) is 7.70. The Bertz CT molecular complexity index is 37.2. The van der Waals surface area contributed by atoms with Crippen LogP contribution in [0.5, 0.6) is 0 Å². The highest BCUT2D eigenvalue weighted by molar-refractivity contribution is 6.04. The Labute approximate surface area is 74.8 Å². The molecule has 10 heavy (non-hydrogen) atoms. The summed E-state index contributed by atoms with van der Waals surface area (Å²) in [5.41, 5.74) is 0. The maximum atomic E-state index is 6.47. The monoisotopic (exact) mass is 189 g/mol. The lowest BCUT2D eigenvalue weighted by molar-refractivity contribution is 0.321. The van der Waals surface area contributed by atoms with E-state index in [0.29, 0.717) is 0 Å². The Morgan fingerprint density at radius 1 is 1.00 bits per heavy atom. The molecule has 0 rings (SSSR count). The molecule has 0 unspecified atom stereocenters. The molecule has 0 saturated heterocycles. The van der Waals surface area contributed by atoms with Crippen molar-refractivity contribution >= 4 is 24.3 Å². The predicted octanol–water partition coefficient (Wildman–Crippen LogP) is 1.90. The molecular weight excluding hydrogens is 173 g/mol. The predicted molar refractivity (Wildman–Crippen MR) is 48.8 cm³/mol. The highest BCUT2D eigenvalue weighted by Crippen LogP contribution is 1.81. The third-order valence-corrected chi connectivity index (χ3v) is 1.34. The van der Waals surface area contributed by atoms with Crippen LogP contribution >= 0.6 is 24.3 Å². The smallest absolute Gasteiger partial charge is 0.0579 e. The standard InChI is InChI=1S/C6H15N.ClHO.ClH/c1-4-7(5-2)6-3;1-2;/h4-6H2,1-3H3;2H;1H. The minimum absolute atomic E-state index is 0. The van der Waals surface area contributed by atoms with Crippen LogP contribution in [0, 0.1) is 0 Å². The number of nitrogens with zero attached hydrogens (tertiary/aromatic N) is 1. The van der Waals surface area contributed by atoms with Gasteiger partial charge in [0.2, 0.25) is 0 Å². The van der Waals surface area contributed by atoms with Gasteiger partial charge in [-0.15, -0.1) is 12.4 Å². The van der Waals surface area contributed by atoms with Crippen LogP contribution in [0.2, 0.25) is 0 Å². The Morgan fingerprint density at radius 3 is 1.20 bits per heavy atom.